The van der Waals surface area contributed by atoms with Crippen LogP contribution >= 0.6 is 0 Å². The van der Waals surface area contributed by atoms with E-state index in [1.807, 2.05) is 0 Å². The van der Waals surface area contributed by atoms with Gasteiger partial charge >= 0.3 is 11.9 Å². The third kappa shape index (κ3) is 0.886. The summed E-state index contributed by atoms with van der Waals surface area (Å²) in [4.78, 5) is 21.3. The van der Waals surface area contributed by atoms with Gasteiger partial charge in [0.1, 0.15) is 0 Å². The molecule has 12 heavy (non-hydrogen) atoms. The Morgan fingerprint density at radius 3 is 2.00 bits per heavy atom. The second kappa shape index (κ2) is 2.72. The molecule has 1 aliphatic carbocycles. The second-order valence-corrected chi connectivity index (χ2v) is 2.84. The van der Waals surface area contributed by atoms with Gasteiger partial charge in [-0.05, 0) is 12.8 Å². The van der Waals surface area contributed by atoms with Crippen LogP contribution in [0, 0.1) is 5.41 Å². The number of hydrogen-bond donors (Lipinski definition) is 4. The van der Waals surface area contributed by atoms with E-state index in [-0.39, 0.29) is 6.42 Å². The van der Waals surface area contributed by atoms with Gasteiger partial charge in [-0.3, -0.25) is 20.9 Å². The molecule has 0 amide bonds. The number of aliphatic carboxylic acids is 2. The van der Waals surface area contributed by atoms with Crippen molar-refractivity contribution in [2.24, 2.45) is 11.3 Å². The predicted molar refractivity (Wildman–Crippen MR) is 38.0 cm³/mol. The van der Waals surface area contributed by atoms with Crippen molar-refractivity contribution < 1.29 is 19.8 Å². The number of carboxylic acids is 2. The number of carboxylic acid groups (broad SMARTS) is 2. The molecule has 0 aliphatic heterocycles. The lowest BCUT2D eigenvalue weighted by molar-refractivity contribution is -0.175. The molecule has 0 bridgehead atoms. The van der Waals surface area contributed by atoms with E-state index in [1.165, 1.54) is 0 Å². The standard InChI is InChI=1S/C6H10N2O4/c7-8-3-1-2-6(3,4(9)10)5(11)12/h3,8H,1-2,7H2,(H,9,10)(H,11,12). The summed E-state index contributed by atoms with van der Waals surface area (Å²) in [7, 11) is 0. The van der Waals surface area contributed by atoms with Gasteiger partial charge in [0.05, 0.1) is 0 Å². The van der Waals surface area contributed by atoms with Crippen molar-refractivity contribution in [3.05, 3.63) is 0 Å². The summed E-state index contributed by atoms with van der Waals surface area (Å²) in [6.45, 7) is 0. The van der Waals surface area contributed by atoms with E-state index in [9.17, 15) is 9.59 Å². The monoisotopic (exact) mass is 174 g/mol. The lowest BCUT2D eigenvalue weighted by atomic mass is 9.64. The average Bonchev–Trinajstić information content (AvgIpc) is 1.84. The summed E-state index contributed by atoms with van der Waals surface area (Å²) < 4.78 is 0. The molecule has 1 saturated carbocycles. The van der Waals surface area contributed by atoms with Crippen LogP contribution in [0.1, 0.15) is 12.8 Å². The van der Waals surface area contributed by atoms with Crippen molar-refractivity contribution in [3.63, 3.8) is 0 Å². The van der Waals surface area contributed by atoms with Crippen molar-refractivity contribution in [3.8, 4) is 0 Å². The summed E-state index contributed by atoms with van der Waals surface area (Å²) in [5.41, 5.74) is 0.480. The van der Waals surface area contributed by atoms with E-state index in [1.54, 1.807) is 0 Å². The Morgan fingerprint density at radius 1 is 1.42 bits per heavy atom. The van der Waals surface area contributed by atoms with Gasteiger partial charge in [-0.2, -0.15) is 0 Å². The summed E-state index contributed by atoms with van der Waals surface area (Å²) in [6.07, 6.45) is 0.613. The van der Waals surface area contributed by atoms with Crippen molar-refractivity contribution >= 4 is 11.9 Å². The molecule has 0 radical (unpaired) electrons. The highest BCUT2D eigenvalue weighted by atomic mass is 16.4. The van der Waals surface area contributed by atoms with E-state index in [0.717, 1.165) is 0 Å². The average molecular weight is 174 g/mol. The number of hydrazine groups is 1. The molecule has 0 heterocycles. The number of rotatable bonds is 3. The molecule has 5 N–H and O–H groups in total. The molecule has 1 aliphatic rings. The quantitative estimate of drug-likeness (QED) is 0.242. The predicted octanol–water partition coefficient (Wildman–Crippen LogP) is -1.23. The van der Waals surface area contributed by atoms with Crippen LogP contribution in [-0.4, -0.2) is 28.2 Å². The highest BCUT2D eigenvalue weighted by Crippen LogP contribution is 2.41. The molecular formula is C6H10N2O4. The minimum atomic E-state index is -1.71. The fourth-order valence-corrected chi connectivity index (χ4v) is 1.41. The van der Waals surface area contributed by atoms with Gasteiger partial charge in [-0.1, -0.05) is 0 Å². The Morgan fingerprint density at radius 2 is 1.92 bits per heavy atom. The fourth-order valence-electron chi connectivity index (χ4n) is 1.41. The highest BCUT2D eigenvalue weighted by molar-refractivity contribution is 6.00. The molecule has 1 unspecified atom stereocenters. The third-order valence-corrected chi connectivity index (χ3v) is 2.39. The smallest absolute Gasteiger partial charge is 0.322 e. The van der Waals surface area contributed by atoms with Crippen LogP contribution in [0.5, 0.6) is 0 Å². The van der Waals surface area contributed by atoms with Crippen LogP contribution in [0.2, 0.25) is 0 Å². The van der Waals surface area contributed by atoms with Crippen molar-refractivity contribution in [2.75, 3.05) is 0 Å². The SMILES string of the molecule is NNC1CCC1(C(=O)O)C(=O)O. The molecule has 1 rings (SSSR count). The summed E-state index contributed by atoms with van der Waals surface area (Å²) in [6, 6.07) is -0.660. The van der Waals surface area contributed by atoms with Crippen LogP contribution in [0.25, 0.3) is 0 Å². The van der Waals surface area contributed by atoms with Gasteiger partial charge in [-0.25, -0.2) is 0 Å². The Bertz CT molecular complexity index is 212. The highest BCUT2D eigenvalue weighted by Gasteiger charge is 2.59. The lowest BCUT2D eigenvalue weighted by Crippen LogP contribution is -2.63. The van der Waals surface area contributed by atoms with Crippen molar-refractivity contribution in [1.29, 1.82) is 0 Å². The van der Waals surface area contributed by atoms with Crippen LogP contribution in [0.15, 0.2) is 0 Å². The molecule has 0 aromatic rings. The zero-order chi connectivity index (χ0) is 9.35. The van der Waals surface area contributed by atoms with Crippen molar-refractivity contribution in [1.82, 2.24) is 5.43 Å². The number of nitrogens with one attached hydrogen (secondary N) is 1. The molecule has 0 aromatic heterocycles. The van der Waals surface area contributed by atoms with E-state index in [0.29, 0.717) is 6.42 Å². The first-order valence-corrected chi connectivity index (χ1v) is 3.48. The first-order chi connectivity index (χ1) is 5.55. The molecule has 68 valence electrons. The summed E-state index contributed by atoms with van der Waals surface area (Å²) in [5, 5.41) is 17.4. The maximum atomic E-state index is 10.6. The van der Waals surface area contributed by atoms with Gasteiger partial charge in [0.2, 0.25) is 0 Å². The Balaban J connectivity index is 2.89. The first-order valence-electron chi connectivity index (χ1n) is 3.48. The number of carbonyl (C=O) groups is 2. The molecular weight excluding hydrogens is 164 g/mol. The third-order valence-electron chi connectivity index (χ3n) is 2.39. The van der Waals surface area contributed by atoms with E-state index >= 15 is 0 Å². The van der Waals surface area contributed by atoms with Crippen molar-refractivity contribution in [2.45, 2.75) is 18.9 Å². The van der Waals surface area contributed by atoms with Crippen LogP contribution < -0.4 is 11.3 Å². The van der Waals surface area contributed by atoms with Gasteiger partial charge in [0.25, 0.3) is 0 Å². The Hall–Kier alpha value is -1.14. The molecule has 0 spiro atoms. The van der Waals surface area contributed by atoms with Crippen LogP contribution in [-0.2, 0) is 9.59 Å². The van der Waals surface area contributed by atoms with Gasteiger partial charge in [0.15, 0.2) is 5.41 Å². The zero-order valence-electron chi connectivity index (χ0n) is 6.28. The minimum absolute atomic E-state index is 0.131. The largest absolute Gasteiger partial charge is 0.480 e. The van der Waals surface area contributed by atoms with E-state index in [4.69, 9.17) is 16.1 Å². The van der Waals surface area contributed by atoms with Gasteiger partial charge in [0, 0.05) is 6.04 Å². The number of nitrogens with two attached hydrogens (primary N) is 1. The fraction of sp³-hybridized carbons (Fsp3) is 0.667. The maximum absolute atomic E-state index is 10.6. The number of hydrogen-bond acceptors (Lipinski definition) is 4. The lowest BCUT2D eigenvalue weighted by Gasteiger charge is -2.41. The summed E-state index contributed by atoms with van der Waals surface area (Å²) in [5.74, 6) is 2.35. The maximum Gasteiger partial charge on any atom is 0.322 e. The van der Waals surface area contributed by atoms with E-state index in [2.05, 4.69) is 5.43 Å². The normalized spacial score (nSPS) is 25.9. The molecule has 1 atom stereocenters. The second-order valence-electron chi connectivity index (χ2n) is 2.84. The topological polar surface area (TPSA) is 113 Å². The molecule has 0 saturated heterocycles. The Labute approximate surface area is 68.3 Å². The molecule has 6 nitrogen and oxygen atoms in total. The summed E-state index contributed by atoms with van der Waals surface area (Å²) >= 11 is 0. The zero-order valence-corrected chi connectivity index (χ0v) is 6.28. The molecule has 6 heteroatoms. The van der Waals surface area contributed by atoms with Crippen LogP contribution in [0.4, 0.5) is 0 Å². The van der Waals surface area contributed by atoms with Crippen LogP contribution in [0.3, 0.4) is 0 Å². The van der Waals surface area contributed by atoms with Gasteiger partial charge in [-0.15, -0.1) is 0 Å². The Kier molecular flexibility index (Phi) is 2.03. The molecule has 0 aromatic carbocycles. The first kappa shape index (κ1) is 8.95. The minimum Gasteiger partial charge on any atom is -0.480 e. The van der Waals surface area contributed by atoms with Gasteiger partial charge < -0.3 is 10.2 Å². The molecule has 1 fully saturated rings. The van der Waals surface area contributed by atoms with E-state index < -0.39 is 23.4 Å².